The Morgan fingerprint density at radius 3 is 2.72 bits per heavy atom. The Kier molecular flexibility index (Phi) is 6.66. The van der Waals surface area contributed by atoms with Gasteiger partial charge in [-0.15, -0.1) is 0 Å². The van der Waals surface area contributed by atoms with Gasteiger partial charge in [-0.1, -0.05) is 18.6 Å². The van der Waals surface area contributed by atoms with E-state index in [0.29, 0.717) is 29.1 Å². The van der Waals surface area contributed by atoms with Crippen molar-refractivity contribution in [3.05, 3.63) is 59.8 Å². The van der Waals surface area contributed by atoms with Gasteiger partial charge in [0.15, 0.2) is 0 Å². The number of nitrogens with one attached hydrogen (secondary N) is 3. The standard InChI is InChI=1S/C28H33N7O3S/c1-34(2)39(36,37)25-10-5-4-9-22(25)30-27-21-11-12-29-26(21)32-28(33-27)31-23-15-19-17-35-13-7-6-8-20(35)14-18(19)16-24(23)38-3/h4-5,9-12,15-16,20H,6-8,13-14,17H2,1-3H3,(H3,29,30,31,32,33). The number of rotatable bonds is 7. The molecule has 2 aliphatic heterocycles. The van der Waals surface area contributed by atoms with E-state index >= 15 is 0 Å². The Labute approximate surface area is 228 Å². The maximum absolute atomic E-state index is 13.0. The lowest BCUT2D eigenvalue weighted by Gasteiger charge is -2.40. The lowest BCUT2D eigenvalue weighted by molar-refractivity contribution is 0.127. The Morgan fingerprint density at radius 2 is 1.90 bits per heavy atom. The van der Waals surface area contributed by atoms with Crippen LogP contribution in [0.2, 0.25) is 0 Å². The molecule has 1 atom stereocenters. The van der Waals surface area contributed by atoms with Crippen LogP contribution >= 0.6 is 0 Å². The minimum absolute atomic E-state index is 0.166. The fourth-order valence-electron chi connectivity index (χ4n) is 5.57. The third kappa shape index (κ3) is 4.81. The summed E-state index contributed by atoms with van der Waals surface area (Å²) >= 11 is 0. The van der Waals surface area contributed by atoms with Crippen LogP contribution < -0.4 is 15.4 Å². The topological polar surface area (TPSA) is 115 Å². The highest BCUT2D eigenvalue weighted by Gasteiger charge is 2.29. The summed E-state index contributed by atoms with van der Waals surface area (Å²) in [7, 11) is 1.03. The Morgan fingerprint density at radius 1 is 1.05 bits per heavy atom. The van der Waals surface area contributed by atoms with Crippen LogP contribution in [0.4, 0.5) is 23.1 Å². The summed E-state index contributed by atoms with van der Waals surface area (Å²) in [6, 6.07) is 13.6. The molecule has 0 radical (unpaired) electrons. The van der Waals surface area contributed by atoms with E-state index in [0.717, 1.165) is 36.3 Å². The van der Waals surface area contributed by atoms with E-state index < -0.39 is 10.0 Å². The summed E-state index contributed by atoms with van der Waals surface area (Å²) in [4.78, 5) is 15.3. The third-order valence-electron chi connectivity index (χ3n) is 7.66. The number of para-hydroxylation sites is 1. The number of anilines is 4. The van der Waals surface area contributed by atoms with Crippen LogP contribution in [0.25, 0.3) is 11.0 Å². The van der Waals surface area contributed by atoms with Gasteiger partial charge in [-0.25, -0.2) is 12.7 Å². The normalized spacial score (nSPS) is 17.6. The summed E-state index contributed by atoms with van der Waals surface area (Å²) in [5, 5.41) is 7.35. The van der Waals surface area contributed by atoms with Crippen molar-refractivity contribution in [3.8, 4) is 5.75 Å². The predicted octanol–water partition coefficient (Wildman–Crippen LogP) is 4.61. The molecule has 0 bridgehead atoms. The van der Waals surface area contributed by atoms with Crippen LogP contribution in [0.5, 0.6) is 5.75 Å². The number of fused-ring (bicyclic) bond motifs is 3. The number of piperidine rings is 1. The maximum Gasteiger partial charge on any atom is 0.244 e. The van der Waals surface area contributed by atoms with Crippen molar-refractivity contribution in [1.29, 1.82) is 0 Å². The second-order valence-electron chi connectivity index (χ2n) is 10.3. The number of hydrogen-bond donors (Lipinski definition) is 3. The molecule has 3 N–H and O–H groups in total. The molecule has 10 nitrogen and oxygen atoms in total. The molecule has 11 heteroatoms. The number of aromatic amines is 1. The van der Waals surface area contributed by atoms with Gasteiger partial charge in [-0.3, -0.25) is 4.90 Å². The van der Waals surface area contributed by atoms with Gasteiger partial charge in [-0.05, 0) is 67.3 Å². The average Bonchev–Trinajstić information content (AvgIpc) is 3.41. The molecule has 0 saturated carbocycles. The van der Waals surface area contributed by atoms with Gasteiger partial charge in [-0.2, -0.15) is 9.97 Å². The first kappa shape index (κ1) is 25.6. The molecule has 1 fully saturated rings. The van der Waals surface area contributed by atoms with Crippen molar-refractivity contribution in [3.63, 3.8) is 0 Å². The number of sulfonamides is 1. The van der Waals surface area contributed by atoms with Crippen molar-refractivity contribution in [2.75, 3.05) is 38.4 Å². The number of benzene rings is 2. The molecule has 0 aliphatic carbocycles. The first-order valence-electron chi connectivity index (χ1n) is 13.2. The van der Waals surface area contributed by atoms with E-state index in [1.165, 1.54) is 48.8 Å². The fraction of sp³-hybridized carbons (Fsp3) is 0.357. The van der Waals surface area contributed by atoms with E-state index in [-0.39, 0.29) is 4.90 Å². The number of nitrogens with zero attached hydrogens (tertiary/aromatic N) is 4. The van der Waals surface area contributed by atoms with Crippen LogP contribution in [0.1, 0.15) is 30.4 Å². The zero-order valence-corrected chi connectivity index (χ0v) is 23.2. The van der Waals surface area contributed by atoms with E-state index in [9.17, 15) is 8.42 Å². The molecular formula is C28H33N7O3S. The molecule has 4 heterocycles. The fourth-order valence-corrected chi connectivity index (χ4v) is 6.62. The van der Waals surface area contributed by atoms with Gasteiger partial charge < -0.3 is 20.4 Å². The molecule has 2 aromatic carbocycles. The molecule has 39 heavy (non-hydrogen) atoms. The largest absolute Gasteiger partial charge is 0.495 e. The number of H-pyrrole nitrogens is 1. The smallest absolute Gasteiger partial charge is 0.244 e. The SMILES string of the molecule is COc1cc2c(cc1Nc1nc(Nc3ccccc3S(=O)(=O)N(C)C)c3cc[nH]c3n1)CN1CCCCC1C2. The monoisotopic (exact) mass is 547 g/mol. The molecular weight excluding hydrogens is 514 g/mol. The minimum Gasteiger partial charge on any atom is -0.495 e. The summed E-state index contributed by atoms with van der Waals surface area (Å²) < 4.78 is 32.9. The van der Waals surface area contributed by atoms with Gasteiger partial charge in [0, 0.05) is 32.9 Å². The third-order valence-corrected chi connectivity index (χ3v) is 9.53. The molecule has 4 aromatic rings. The summed E-state index contributed by atoms with van der Waals surface area (Å²) in [5.74, 6) is 1.59. The zero-order valence-electron chi connectivity index (χ0n) is 22.4. The molecule has 0 amide bonds. The highest BCUT2D eigenvalue weighted by atomic mass is 32.2. The molecule has 204 valence electrons. The molecule has 0 spiro atoms. The van der Waals surface area contributed by atoms with Crippen LogP contribution in [0.15, 0.2) is 53.6 Å². The van der Waals surface area contributed by atoms with Crippen molar-refractivity contribution in [1.82, 2.24) is 24.2 Å². The minimum atomic E-state index is -3.67. The van der Waals surface area contributed by atoms with Crippen molar-refractivity contribution < 1.29 is 13.2 Å². The Hall–Kier alpha value is -3.67. The lowest BCUT2D eigenvalue weighted by atomic mass is 9.88. The van der Waals surface area contributed by atoms with Crippen molar-refractivity contribution >= 4 is 44.2 Å². The van der Waals surface area contributed by atoms with E-state index in [1.54, 1.807) is 37.6 Å². The second-order valence-corrected chi connectivity index (χ2v) is 12.4. The van der Waals surface area contributed by atoms with E-state index in [4.69, 9.17) is 9.72 Å². The summed E-state index contributed by atoms with van der Waals surface area (Å²) in [5.41, 5.74) is 4.47. The van der Waals surface area contributed by atoms with Gasteiger partial charge >= 0.3 is 0 Å². The molecule has 2 aromatic heterocycles. The van der Waals surface area contributed by atoms with Gasteiger partial charge in [0.25, 0.3) is 0 Å². The second kappa shape index (κ2) is 10.1. The van der Waals surface area contributed by atoms with Gasteiger partial charge in [0.2, 0.25) is 16.0 Å². The van der Waals surface area contributed by atoms with Crippen LogP contribution in [-0.4, -0.2) is 66.4 Å². The van der Waals surface area contributed by atoms with E-state index in [2.05, 4.69) is 37.6 Å². The molecule has 1 unspecified atom stereocenters. The van der Waals surface area contributed by atoms with Crippen LogP contribution in [0.3, 0.4) is 0 Å². The quantitative estimate of drug-likeness (QED) is 0.307. The Bertz CT molecular complexity index is 1630. The lowest BCUT2D eigenvalue weighted by Crippen LogP contribution is -2.43. The van der Waals surface area contributed by atoms with Gasteiger partial charge in [0.1, 0.15) is 22.1 Å². The first-order valence-corrected chi connectivity index (χ1v) is 14.6. The van der Waals surface area contributed by atoms with Crippen molar-refractivity contribution in [2.45, 2.75) is 43.2 Å². The molecule has 1 saturated heterocycles. The van der Waals surface area contributed by atoms with Crippen LogP contribution in [0, 0.1) is 0 Å². The van der Waals surface area contributed by atoms with Crippen molar-refractivity contribution in [2.24, 2.45) is 0 Å². The highest BCUT2D eigenvalue weighted by Crippen LogP contribution is 2.37. The number of ether oxygens (including phenoxy) is 1. The first-order chi connectivity index (χ1) is 18.8. The highest BCUT2D eigenvalue weighted by molar-refractivity contribution is 7.89. The Balaban J connectivity index is 1.36. The number of methoxy groups -OCH3 is 1. The summed E-state index contributed by atoms with van der Waals surface area (Å²) in [6.45, 7) is 2.07. The van der Waals surface area contributed by atoms with Crippen LogP contribution in [-0.2, 0) is 23.0 Å². The number of hydrogen-bond acceptors (Lipinski definition) is 8. The zero-order chi connectivity index (χ0) is 27.1. The predicted molar refractivity (Wildman–Crippen MR) is 153 cm³/mol. The summed E-state index contributed by atoms with van der Waals surface area (Å²) in [6.07, 6.45) is 6.63. The maximum atomic E-state index is 13.0. The van der Waals surface area contributed by atoms with Gasteiger partial charge in [0.05, 0.1) is 23.9 Å². The number of aromatic nitrogens is 3. The van der Waals surface area contributed by atoms with E-state index in [1.807, 2.05) is 6.07 Å². The molecule has 6 rings (SSSR count). The molecule has 2 aliphatic rings. The average molecular weight is 548 g/mol.